The van der Waals surface area contributed by atoms with Crippen molar-refractivity contribution in [2.24, 2.45) is 0 Å². The van der Waals surface area contributed by atoms with E-state index >= 15 is 0 Å². The van der Waals surface area contributed by atoms with Crippen molar-refractivity contribution in [3.63, 3.8) is 0 Å². The van der Waals surface area contributed by atoms with E-state index in [4.69, 9.17) is 4.42 Å². The molecular weight excluding hydrogens is 248 g/mol. The van der Waals surface area contributed by atoms with Crippen LogP contribution in [-0.4, -0.2) is 5.11 Å². The Morgan fingerprint density at radius 2 is 1.90 bits per heavy atom. The Kier molecular flexibility index (Phi) is 2.64. The van der Waals surface area contributed by atoms with Crippen LogP contribution in [0.4, 0.5) is 0 Å². The summed E-state index contributed by atoms with van der Waals surface area (Å²) >= 11 is 0. The van der Waals surface area contributed by atoms with Crippen LogP contribution < -0.4 is 0 Å². The molecule has 0 radical (unpaired) electrons. The number of fused-ring (bicyclic) bond motifs is 2. The SMILES string of the molecule is OC(CC1Cc2ccccc21)c1cc2ccccc2o1. The molecule has 0 bridgehead atoms. The highest BCUT2D eigenvalue weighted by Gasteiger charge is 2.28. The van der Waals surface area contributed by atoms with Gasteiger partial charge >= 0.3 is 0 Å². The van der Waals surface area contributed by atoms with E-state index in [0.29, 0.717) is 11.7 Å². The summed E-state index contributed by atoms with van der Waals surface area (Å²) in [6.45, 7) is 0. The van der Waals surface area contributed by atoms with Crippen LogP contribution >= 0.6 is 0 Å². The zero-order chi connectivity index (χ0) is 13.5. The quantitative estimate of drug-likeness (QED) is 0.769. The molecule has 0 saturated heterocycles. The molecule has 1 aliphatic rings. The molecule has 1 heterocycles. The molecular formula is C18H16O2. The standard InChI is InChI=1S/C18H16O2/c19-16(10-14-9-12-5-1-3-7-15(12)14)18-11-13-6-2-4-8-17(13)20-18/h1-8,11,14,16,19H,9-10H2. The van der Waals surface area contributed by atoms with Gasteiger partial charge < -0.3 is 9.52 Å². The Morgan fingerprint density at radius 3 is 2.75 bits per heavy atom. The number of aliphatic hydroxyl groups excluding tert-OH is 1. The summed E-state index contributed by atoms with van der Waals surface area (Å²) in [6.07, 6.45) is 1.27. The zero-order valence-electron chi connectivity index (χ0n) is 11.1. The summed E-state index contributed by atoms with van der Waals surface area (Å²) in [6, 6.07) is 18.3. The summed E-state index contributed by atoms with van der Waals surface area (Å²) < 4.78 is 5.74. The Morgan fingerprint density at radius 1 is 1.10 bits per heavy atom. The Hall–Kier alpha value is -2.06. The van der Waals surface area contributed by atoms with Crippen molar-refractivity contribution >= 4 is 11.0 Å². The van der Waals surface area contributed by atoms with Gasteiger partial charge in [0.2, 0.25) is 0 Å². The fourth-order valence-electron chi connectivity index (χ4n) is 3.13. The van der Waals surface area contributed by atoms with E-state index in [1.165, 1.54) is 11.1 Å². The summed E-state index contributed by atoms with van der Waals surface area (Å²) in [5, 5.41) is 11.4. The first-order chi connectivity index (χ1) is 9.81. The monoisotopic (exact) mass is 264 g/mol. The second kappa shape index (κ2) is 4.50. The van der Waals surface area contributed by atoms with Crippen LogP contribution in [0, 0.1) is 0 Å². The minimum atomic E-state index is -0.527. The number of benzene rings is 2. The third-order valence-electron chi connectivity index (χ3n) is 4.24. The molecule has 2 nitrogen and oxygen atoms in total. The van der Waals surface area contributed by atoms with Gasteiger partial charge in [0.1, 0.15) is 17.4 Å². The predicted octanol–water partition coefficient (Wildman–Crippen LogP) is 4.20. The van der Waals surface area contributed by atoms with Gasteiger partial charge in [-0.1, -0.05) is 42.5 Å². The molecule has 1 aliphatic carbocycles. The number of para-hydroxylation sites is 1. The highest BCUT2D eigenvalue weighted by molar-refractivity contribution is 5.77. The molecule has 0 amide bonds. The molecule has 2 heteroatoms. The van der Waals surface area contributed by atoms with E-state index in [9.17, 15) is 5.11 Å². The Bertz CT molecular complexity index is 724. The molecule has 0 aliphatic heterocycles. The first-order valence-corrected chi connectivity index (χ1v) is 7.05. The summed E-state index contributed by atoms with van der Waals surface area (Å²) in [4.78, 5) is 0. The lowest BCUT2D eigenvalue weighted by molar-refractivity contribution is 0.130. The topological polar surface area (TPSA) is 33.4 Å². The maximum absolute atomic E-state index is 10.4. The van der Waals surface area contributed by atoms with E-state index in [1.54, 1.807) is 0 Å². The van der Waals surface area contributed by atoms with Crippen LogP contribution in [0.1, 0.15) is 35.3 Å². The van der Waals surface area contributed by atoms with Crippen LogP contribution in [0.25, 0.3) is 11.0 Å². The van der Waals surface area contributed by atoms with Crippen molar-refractivity contribution in [1.29, 1.82) is 0 Å². The van der Waals surface area contributed by atoms with Gasteiger partial charge in [-0.3, -0.25) is 0 Å². The van der Waals surface area contributed by atoms with Gasteiger partial charge in [-0.25, -0.2) is 0 Å². The smallest absolute Gasteiger partial charge is 0.134 e. The molecule has 1 aromatic heterocycles. The number of hydrogen-bond acceptors (Lipinski definition) is 2. The van der Waals surface area contributed by atoms with Gasteiger partial charge in [0.15, 0.2) is 0 Å². The van der Waals surface area contributed by atoms with Gasteiger partial charge in [0, 0.05) is 5.39 Å². The van der Waals surface area contributed by atoms with Gasteiger partial charge in [0.05, 0.1) is 0 Å². The summed E-state index contributed by atoms with van der Waals surface area (Å²) in [5.41, 5.74) is 3.63. The van der Waals surface area contributed by atoms with E-state index in [1.807, 2.05) is 30.3 Å². The molecule has 100 valence electrons. The zero-order valence-corrected chi connectivity index (χ0v) is 11.1. The van der Waals surface area contributed by atoms with E-state index in [0.717, 1.165) is 23.8 Å². The summed E-state index contributed by atoms with van der Waals surface area (Å²) in [7, 11) is 0. The lowest BCUT2D eigenvalue weighted by atomic mass is 9.74. The van der Waals surface area contributed by atoms with Crippen molar-refractivity contribution in [3.05, 3.63) is 71.5 Å². The number of furan rings is 1. The van der Waals surface area contributed by atoms with Gasteiger partial charge in [0.25, 0.3) is 0 Å². The Labute approximate surface area is 117 Å². The molecule has 0 spiro atoms. The van der Waals surface area contributed by atoms with Crippen molar-refractivity contribution in [2.45, 2.75) is 24.9 Å². The normalized spacial score (nSPS) is 18.6. The lowest BCUT2D eigenvalue weighted by Crippen LogP contribution is -2.19. The summed E-state index contributed by atoms with van der Waals surface area (Å²) in [5.74, 6) is 1.13. The van der Waals surface area contributed by atoms with Crippen molar-refractivity contribution in [3.8, 4) is 0 Å². The second-order valence-corrected chi connectivity index (χ2v) is 5.54. The molecule has 20 heavy (non-hydrogen) atoms. The average Bonchev–Trinajstić information content (AvgIpc) is 2.88. The third kappa shape index (κ3) is 1.84. The second-order valence-electron chi connectivity index (χ2n) is 5.54. The van der Waals surface area contributed by atoms with E-state index in [-0.39, 0.29) is 0 Å². The predicted molar refractivity (Wildman–Crippen MR) is 78.7 cm³/mol. The molecule has 0 saturated carbocycles. The molecule has 2 atom stereocenters. The first kappa shape index (κ1) is 11.7. The average molecular weight is 264 g/mol. The van der Waals surface area contributed by atoms with Crippen molar-refractivity contribution in [2.75, 3.05) is 0 Å². The molecule has 2 unspecified atom stereocenters. The molecule has 1 N–H and O–H groups in total. The largest absolute Gasteiger partial charge is 0.458 e. The lowest BCUT2D eigenvalue weighted by Gasteiger charge is -2.31. The molecule has 0 fully saturated rings. The van der Waals surface area contributed by atoms with Crippen LogP contribution in [-0.2, 0) is 6.42 Å². The first-order valence-electron chi connectivity index (χ1n) is 7.05. The third-order valence-corrected chi connectivity index (χ3v) is 4.24. The highest BCUT2D eigenvalue weighted by Crippen LogP contribution is 2.41. The van der Waals surface area contributed by atoms with Gasteiger partial charge in [-0.05, 0) is 42.0 Å². The fraction of sp³-hybridized carbons (Fsp3) is 0.222. The Balaban J connectivity index is 1.55. The maximum Gasteiger partial charge on any atom is 0.134 e. The number of rotatable bonds is 3. The number of aliphatic hydroxyl groups is 1. The van der Waals surface area contributed by atoms with Crippen LogP contribution in [0.2, 0.25) is 0 Å². The molecule has 3 aromatic rings. The minimum absolute atomic E-state index is 0.453. The van der Waals surface area contributed by atoms with E-state index in [2.05, 4.69) is 24.3 Å². The molecule has 2 aromatic carbocycles. The van der Waals surface area contributed by atoms with Crippen LogP contribution in [0.3, 0.4) is 0 Å². The van der Waals surface area contributed by atoms with Crippen molar-refractivity contribution in [1.82, 2.24) is 0 Å². The van der Waals surface area contributed by atoms with E-state index < -0.39 is 6.10 Å². The highest BCUT2D eigenvalue weighted by atomic mass is 16.4. The fourth-order valence-corrected chi connectivity index (χ4v) is 3.13. The van der Waals surface area contributed by atoms with Gasteiger partial charge in [-0.15, -0.1) is 0 Å². The number of hydrogen-bond donors (Lipinski definition) is 1. The molecule has 4 rings (SSSR count). The van der Waals surface area contributed by atoms with Crippen LogP contribution in [0.5, 0.6) is 0 Å². The van der Waals surface area contributed by atoms with Gasteiger partial charge in [-0.2, -0.15) is 0 Å². The van der Waals surface area contributed by atoms with Crippen LogP contribution in [0.15, 0.2) is 59.0 Å². The van der Waals surface area contributed by atoms with Crippen molar-refractivity contribution < 1.29 is 9.52 Å². The maximum atomic E-state index is 10.4. The minimum Gasteiger partial charge on any atom is -0.458 e.